The molecule has 240 valence electrons. The minimum atomic E-state index is -0.449. The van der Waals surface area contributed by atoms with Crippen LogP contribution in [0.15, 0.2) is 60.9 Å². The molecule has 2 atom stereocenters. The summed E-state index contributed by atoms with van der Waals surface area (Å²) in [4.78, 5) is 28.4. The Hall–Kier alpha value is -4.22. The van der Waals surface area contributed by atoms with Gasteiger partial charge in [-0.15, -0.1) is 0 Å². The van der Waals surface area contributed by atoms with Crippen molar-refractivity contribution in [3.05, 3.63) is 60.9 Å². The Kier molecular flexibility index (Phi) is 7.13. The summed E-state index contributed by atoms with van der Waals surface area (Å²) in [6.07, 6.45) is 3.54. The zero-order valence-electron chi connectivity index (χ0n) is 26.7. The average Bonchev–Trinajstić information content (AvgIpc) is 3.66. The maximum absolute atomic E-state index is 12.3. The van der Waals surface area contributed by atoms with E-state index < -0.39 is 5.60 Å². The fourth-order valence-corrected chi connectivity index (χ4v) is 7.74. The molecule has 2 aromatic carbocycles. The van der Waals surface area contributed by atoms with Gasteiger partial charge in [0.1, 0.15) is 34.9 Å². The smallest absolute Gasteiger partial charge is 0.410 e. The van der Waals surface area contributed by atoms with Crippen molar-refractivity contribution in [3.63, 3.8) is 0 Å². The van der Waals surface area contributed by atoms with Crippen molar-refractivity contribution in [3.8, 4) is 22.8 Å². The Balaban J connectivity index is 0.895. The molecule has 1 saturated carbocycles. The standard InChI is InChI=1S/C35H42N8O3/c1-35(2,3)46-34(44)42-19-27(20-42)41-17-26(18-41)40-15-23-13-25(14-24(23)16-40)43-33-30(32(36)37-21-38-33)31(39-43)22-9-11-29(12-10-22)45-28-7-5-4-6-8-28/h4-12,21,23-27H,13-20H2,1-3H3,(H2,36,37,38). The number of nitrogens with zero attached hydrogens (tertiary/aromatic N) is 7. The van der Waals surface area contributed by atoms with Crippen LogP contribution in [0.1, 0.15) is 39.7 Å². The van der Waals surface area contributed by atoms with Crippen LogP contribution in [0.4, 0.5) is 10.6 Å². The predicted molar refractivity (Wildman–Crippen MR) is 175 cm³/mol. The van der Waals surface area contributed by atoms with Gasteiger partial charge in [-0.1, -0.05) is 18.2 Å². The molecule has 5 heterocycles. The summed E-state index contributed by atoms with van der Waals surface area (Å²) in [6, 6.07) is 19.1. The van der Waals surface area contributed by atoms with Crippen LogP contribution >= 0.6 is 0 Å². The van der Waals surface area contributed by atoms with Gasteiger partial charge in [0.05, 0.1) is 11.4 Å². The first kappa shape index (κ1) is 29.2. The van der Waals surface area contributed by atoms with Gasteiger partial charge >= 0.3 is 6.09 Å². The van der Waals surface area contributed by atoms with E-state index in [1.54, 1.807) is 6.33 Å². The molecule has 11 nitrogen and oxygen atoms in total. The molecule has 4 aliphatic rings. The number of nitrogen functional groups attached to an aromatic ring is 1. The summed E-state index contributed by atoms with van der Waals surface area (Å²) in [7, 11) is 0. The van der Waals surface area contributed by atoms with Gasteiger partial charge in [0, 0.05) is 56.9 Å². The van der Waals surface area contributed by atoms with E-state index in [4.69, 9.17) is 20.3 Å². The van der Waals surface area contributed by atoms with Gasteiger partial charge in [-0.25, -0.2) is 19.4 Å². The van der Waals surface area contributed by atoms with Crippen LogP contribution in [0.5, 0.6) is 11.5 Å². The summed E-state index contributed by atoms with van der Waals surface area (Å²) in [5.74, 6) is 3.33. The quantitative estimate of drug-likeness (QED) is 0.315. The van der Waals surface area contributed by atoms with Gasteiger partial charge in [-0.05, 0) is 81.8 Å². The van der Waals surface area contributed by atoms with Crippen molar-refractivity contribution in [1.29, 1.82) is 0 Å². The number of hydrogen-bond acceptors (Lipinski definition) is 9. The lowest BCUT2D eigenvalue weighted by molar-refractivity contribution is -0.0553. The number of carbonyl (C=O) groups is 1. The number of fused-ring (bicyclic) bond motifs is 2. The molecule has 2 N–H and O–H groups in total. The molecular formula is C35H42N8O3. The molecule has 11 heteroatoms. The number of anilines is 1. The van der Waals surface area contributed by atoms with Gasteiger partial charge in [0.15, 0.2) is 5.65 Å². The summed E-state index contributed by atoms with van der Waals surface area (Å²) in [6.45, 7) is 11.7. The van der Waals surface area contributed by atoms with Gasteiger partial charge < -0.3 is 20.1 Å². The Morgan fingerprint density at radius 1 is 0.804 bits per heavy atom. The zero-order valence-corrected chi connectivity index (χ0v) is 26.7. The number of para-hydroxylation sites is 1. The number of likely N-dealkylation sites (tertiary alicyclic amines) is 3. The Bertz CT molecular complexity index is 1710. The van der Waals surface area contributed by atoms with Crippen molar-refractivity contribution in [2.24, 2.45) is 11.8 Å². The molecule has 46 heavy (non-hydrogen) atoms. The molecule has 2 unspecified atom stereocenters. The molecule has 1 aliphatic carbocycles. The molecule has 0 spiro atoms. The van der Waals surface area contributed by atoms with Crippen LogP contribution in [0, 0.1) is 11.8 Å². The maximum atomic E-state index is 12.3. The van der Waals surface area contributed by atoms with E-state index >= 15 is 0 Å². The normalized spacial score (nSPS) is 24.2. The third-order valence-electron chi connectivity index (χ3n) is 10.2. The van der Waals surface area contributed by atoms with Crippen LogP contribution in [0.25, 0.3) is 22.3 Å². The lowest BCUT2D eigenvalue weighted by Crippen LogP contribution is -2.70. The summed E-state index contributed by atoms with van der Waals surface area (Å²) in [5.41, 5.74) is 8.57. The molecule has 3 saturated heterocycles. The van der Waals surface area contributed by atoms with Crippen LogP contribution in [0.3, 0.4) is 0 Å². The van der Waals surface area contributed by atoms with Gasteiger partial charge in [0.2, 0.25) is 0 Å². The SMILES string of the molecule is CC(C)(C)OC(=O)N1CC(N2CC(N3CC4CC(n5nc(-c6ccc(Oc7ccccc7)cc6)c6c(N)ncnc65)CC4C3)C2)C1. The number of ether oxygens (including phenoxy) is 2. The fourth-order valence-electron chi connectivity index (χ4n) is 7.74. The Morgan fingerprint density at radius 2 is 1.43 bits per heavy atom. The van der Waals surface area contributed by atoms with E-state index in [2.05, 4.69) is 24.4 Å². The van der Waals surface area contributed by atoms with Crippen molar-refractivity contribution in [1.82, 2.24) is 34.4 Å². The maximum Gasteiger partial charge on any atom is 0.410 e. The molecule has 4 aromatic rings. The van der Waals surface area contributed by atoms with E-state index in [1.165, 1.54) is 0 Å². The molecule has 2 aromatic heterocycles. The Labute approximate surface area is 269 Å². The second-order valence-electron chi connectivity index (χ2n) is 14.4. The lowest BCUT2D eigenvalue weighted by atomic mass is 9.99. The molecule has 0 bridgehead atoms. The van der Waals surface area contributed by atoms with Gasteiger partial charge in [0.25, 0.3) is 0 Å². The van der Waals surface area contributed by atoms with Crippen molar-refractivity contribution < 1.29 is 14.3 Å². The third kappa shape index (κ3) is 5.45. The number of aromatic nitrogens is 4. The average molecular weight is 623 g/mol. The molecule has 8 rings (SSSR count). The largest absolute Gasteiger partial charge is 0.457 e. The highest BCUT2D eigenvalue weighted by atomic mass is 16.6. The number of hydrogen-bond donors (Lipinski definition) is 1. The van der Waals surface area contributed by atoms with E-state index in [0.29, 0.717) is 29.7 Å². The second-order valence-corrected chi connectivity index (χ2v) is 14.4. The fraction of sp³-hybridized carbons (Fsp3) is 0.486. The highest BCUT2D eigenvalue weighted by molar-refractivity contribution is 5.98. The highest BCUT2D eigenvalue weighted by Gasteiger charge is 2.48. The number of nitrogens with two attached hydrogens (primary N) is 1. The first-order chi connectivity index (χ1) is 22.2. The first-order valence-electron chi connectivity index (χ1n) is 16.5. The van der Waals surface area contributed by atoms with E-state index in [9.17, 15) is 4.79 Å². The van der Waals surface area contributed by atoms with Crippen molar-refractivity contribution in [2.75, 3.05) is 45.0 Å². The zero-order chi connectivity index (χ0) is 31.6. The number of benzene rings is 2. The highest BCUT2D eigenvalue weighted by Crippen LogP contribution is 2.46. The van der Waals surface area contributed by atoms with Crippen LogP contribution in [-0.2, 0) is 4.74 Å². The number of amides is 1. The lowest BCUT2D eigenvalue weighted by Gasteiger charge is -2.53. The van der Waals surface area contributed by atoms with Crippen LogP contribution in [-0.4, -0.2) is 97.5 Å². The van der Waals surface area contributed by atoms with Crippen LogP contribution < -0.4 is 10.5 Å². The van der Waals surface area contributed by atoms with Crippen LogP contribution in [0.2, 0.25) is 0 Å². The van der Waals surface area contributed by atoms with Gasteiger partial charge in [-0.2, -0.15) is 5.10 Å². The molecular weight excluding hydrogens is 580 g/mol. The molecule has 0 radical (unpaired) electrons. The Morgan fingerprint density at radius 3 is 2.11 bits per heavy atom. The molecule has 1 amide bonds. The van der Waals surface area contributed by atoms with E-state index in [-0.39, 0.29) is 12.1 Å². The topological polar surface area (TPSA) is 115 Å². The molecule has 4 fully saturated rings. The molecule has 3 aliphatic heterocycles. The summed E-state index contributed by atoms with van der Waals surface area (Å²) < 4.78 is 13.6. The predicted octanol–water partition coefficient (Wildman–Crippen LogP) is 5.05. The van der Waals surface area contributed by atoms with Crippen molar-refractivity contribution in [2.45, 2.75) is 57.3 Å². The third-order valence-corrected chi connectivity index (χ3v) is 10.2. The van der Waals surface area contributed by atoms with Gasteiger partial charge in [-0.3, -0.25) is 9.80 Å². The van der Waals surface area contributed by atoms with E-state index in [0.717, 1.165) is 85.9 Å². The monoisotopic (exact) mass is 622 g/mol. The second kappa shape index (κ2) is 11.2. The minimum Gasteiger partial charge on any atom is -0.457 e. The number of carbonyl (C=O) groups excluding carboxylic acids is 1. The van der Waals surface area contributed by atoms with E-state index in [1.807, 2.05) is 80.3 Å². The first-order valence-corrected chi connectivity index (χ1v) is 16.5. The summed E-state index contributed by atoms with van der Waals surface area (Å²) >= 11 is 0. The summed E-state index contributed by atoms with van der Waals surface area (Å²) in [5, 5.41) is 5.96. The number of rotatable bonds is 6. The van der Waals surface area contributed by atoms with Crippen molar-refractivity contribution >= 4 is 22.9 Å². The minimum absolute atomic E-state index is 0.194.